The zero-order chi connectivity index (χ0) is 27.4. The van der Waals surface area contributed by atoms with Gasteiger partial charge in [-0.2, -0.15) is 0 Å². The van der Waals surface area contributed by atoms with Crippen LogP contribution in [0.4, 0.5) is 0 Å². The molecule has 0 radical (unpaired) electrons. The number of phenolic OH excluding ortho intramolecular Hbond substituents is 1. The number of Topliss-reactive ketones (excluding diaryl/α,β-unsaturated/α-hetero) is 1. The van der Waals surface area contributed by atoms with Crippen LogP contribution in [0, 0.1) is 6.92 Å². The van der Waals surface area contributed by atoms with Crippen molar-refractivity contribution in [3.63, 3.8) is 0 Å². The Labute approximate surface area is 226 Å². The molecule has 1 saturated heterocycles. The average molecular weight is 524 g/mol. The number of aromatic nitrogens is 2. The van der Waals surface area contributed by atoms with Gasteiger partial charge in [0, 0.05) is 31.0 Å². The first-order chi connectivity index (χ1) is 18.9. The van der Waals surface area contributed by atoms with Crippen molar-refractivity contribution in [1.29, 1.82) is 0 Å². The Bertz CT molecular complexity index is 1490. The van der Waals surface area contributed by atoms with Crippen LogP contribution in [0.5, 0.6) is 11.5 Å². The van der Waals surface area contributed by atoms with E-state index >= 15 is 0 Å². The molecular weight excluding hydrogens is 494 g/mol. The van der Waals surface area contributed by atoms with Crippen LogP contribution in [0.3, 0.4) is 0 Å². The van der Waals surface area contributed by atoms with Crippen molar-refractivity contribution >= 4 is 17.4 Å². The fourth-order valence-electron chi connectivity index (χ4n) is 4.79. The molecule has 5 rings (SSSR count). The van der Waals surface area contributed by atoms with E-state index in [0.717, 1.165) is 11.1 Å². The number of phenols is 1. The molecule has 1 aliphatic rings. The molecule has 39 heavy (non-hydrogen) atoms. The average Bonchev–Trinajstić information content (AvgIpc) is 3.55. The summed E-state index contributed by atoms with van der Waals surface area (Å²) in [7, 11) is 0. The summed E-state index contributed by atoms with van der Waals surface area (Å²) in [5, 5.41) is 21.1. The second-order valence-electron chi connectivity index (χ2n) is 9.54. The molecule has 0 bridgehead atoms. The summed E-state index contributed by atoms with van der Waals surface area (Å²) in [5.74, 6) is -0.986. The zero-order valence-corrected chi connectivity index (χ0v) is 21.5. The van der Waals surface area contributed by atoms with Gasteiger partial charge in [-0.1, -0.05) is 42.0 Å². The lowest BCUT2D eigenvalue weighted by atomic mass is 9.95. The molecule has 198 valence electrons. The van der Waals surface area contributed by atoms with Crippen LogP contribution >= 0.6 is 0 Å². The maximum absolute atomic E-state index is 13.2. The normalized spacial score (nSPS) is 16.5. The summed E-state index contributed by atoms with van der Waals surface area (Å²) in [5.41, 5.74) is 3.23. The van der Waals surface area contributed by atoms with Crippen molar-refractivity contribution in [2.45, 2.75) is 32.5 Å². The summed E-state index contributed by atoms with van der Waals surface area (Å²) < 4.78 is 7.78. The number of aliphatic hydroxyl groups is 1. The van der Waals surface area contributed by atoms with E-state index in [1.165, 1.54) is 17.0 Å². The van der Waals surface area contributed by atoms with Crippen molar-refractivity contribution in [3.8, 4) is 11.5 Å². The van der Waals surface area contributed by atoms with Crippen LogP contribution in [0.1, 0.15) is 34.7 Å². The first-order valence-electron chi connectivity index (χ1n) is 12.7. The molecule has 3 aromatic carbocycles. The molecule has 1 fully saturated rings. The van der Waals surface area contributed by atoms with Crippen molar-refractivity contribution in [1.82, 2.24) is 14.5 Å². The van der Waals surface area contributed by atoms with E-state index in [4.69, 9.17) is 4.74 Å². The molecule has 1 amide bonds. The lowest BCUT2D eigenvalue weighted by molar-refractivity contribution is -0.139. The predicted octanol–water partition coefficient (Wildman–Crippen LogP) is 4.99. The first-order valence-corrected chi connectivity index (χ1v) is 12.7. The monoisotopic (exact) mass is 523 g/mol. The second-order valence-corrected chi connectivity index (χ2v) is 9.54. The van der Waals surface area contributed by atoms with Crippen molar-refractivity contribution < 1.29 is 24.5 Å². The molecule has 0 aliphatic carbocycles. The number of aliphatic hydroxyl groups excluding tert-OH is 1. The number of benzene rings is 3. The van der Waals surface area contributed by atoms with Crippen molar-refractivity contribution in [2.75, 3.05) is 6.54 Å². The number of imidazole rings is 1. The Balaban J connectivity index is 1.41. The number of nitrogens with zero attached hydrogens (tertiary/aromatic N) is 3. The number of amides is 1. The highest BCUT2D eigenvalue weighted by atomic mass is 16.5. The smallest absolute Gasteiger partial charge is 0.295 e. The highest BCUT2D eigenvalue weighted by Crippen LogP contribution is 2.40. The van der Waals surface area contributed by atoms with Crippen LogP contribution in [-0.2, 0) is 22.7 Å². The standard InChI is InChI=1S/C31H29N3O5/c1-21-4-2-5-22(18-21)19-39-26-12-8-24(9-13-26)29(36)27-28(23-6-10-25(35)11-7-23)34(31(38)30(27)37)16-3-15-33-17-14-32-20-33/h2,4-14,17-18,20,28,35-36H,3,15-16,19H2,1H3/t28-/m1/s1. The van der Waals surface area contributed by atoms with Crippen molar-refractivity contribution in [2.24, 2.45) is 0 Å². The van der Waals surface area contributed by atoms with Crippen LogP contribution in [0.2, 0.25) is 0 Å². The van der Waals surface area contributed by atoms with Gasteiger partial charge in [0.2, 0.25) is 0 Å². The molecule has 4 aromatic rings. The first kappa shape index (κ1) is 25.8. The van der Waals surface area contributed by atoms with Gasteiger partial charge in [-0.15, -0.1) is 0 Å². The molecule has 1 aromatic heterocycles. The lowest BCUT2D eigenvalue weighted by Crippen LogP contribution is -2.31. The Morgan fingerprint density at radius 1 is 1.00 bits per heavy atom. The third kappa shape index (κ3) is 5.70. The summed E-state index contributed by atoms with van der Waals surface area (Å²) >= 11 is 0. The Morgan fingerprint density at radius 3 is 2.46 bits per heavy atom. The molecule has 0 saturated carbocycles. The van der Waals surface area contributed by atoms with E-state index in [-0.39, 0.29) is 17.1 Å². The minimum atomic E-state index is -0.786. The van der Waals surface area contributed by atoms with Gasteiger partial charge in [0.05, 0.1) is 17.9 Å². The Morgan fingerprint density at radius 2 is 1.77 bits per heavy atom. The number of carbonyl (C=O) groups is 2. The summed E-state index contributed by atoms with van der Waals surface area (Å²) in [6.45, 7) is 3.35. The van der Waals surface area contributed by atoms with Gasteiger partial charge in [-0.25, -0.2) is 4.98 Å². The summed E-state index contributed by atoms with van der Waals surface area (Å²) in [6, 6.07) is 20.4. The number of rotatable bonds is 9. The quantitative estimate of drug-likeness (QED) is 0.182. The number of hydrogen-bond donors (Lipinski definition) is 2. The van der Waals surface area contributed by atoms with Gasteiger partial charge in [0.25, 0.3) is 11.7 Å². The van der Waals surface area contributed by atoms with Gasteiger partial charge < -0.3 is 24.4 Å². The Kier molecular flexibility index (Phi) is 7.45. The molecule has 0 spiro atoms. The number of carbonyl (C=O) groups excluding carboxylic acids is 2. The number of aryl methyl sites for hydroxylation is 2. The zero-order valence-electron chi connectivity index (χ0n) is 21.5. The molecule has 2 N–H and O–H groups in total. The SMILES string of the molecule is Cc1cccc(COc2ccc(C(O)=C3C(=O)C(=O)N(CCCn4ccnc4)[C@@H]3c3ccc(O)cc3)cc2)c1. The molecule has 1 atom stereocenters. The van der Waals surface area contributed by atoms with Gasteiger partial charge >= 0.3 is 0 Å². The van der Waals surface area contributed by atoms with Gasteiger partial charge in [0.1, 0.15) is 23.9 Å². The molecule has 8 heteroatoms. The number of likely N-dealkylation sites (tertiary alicyclic amines) is 1. The van der Waals surface area contributed by atoms with Gasteiger partial charge in [-0.3, -0.25) is 9.59 Å². The fraction of sp³-hybridized carbons (Fsp3) is 0.194. The second kappa shape index (κ2) is 11.3. The van der Waals surface area contributed by atoms with Crippen LogP contribution in [0.15, 0.2) is 97.1 Å². The number of ether oxygens (including phenoxy) is 1. The van der Waals surface area contributed by atoms with E-state index in [2.05, 4.69) is 11.1 Å². The third-order valence-corrected chi connectivity index (χ3v) is 6.74. The maximum Gasteiger partial charge on any atom is 0.295 e. The van der Waals surface area contributed by atoms with E-state index in [1.54, 1.807) is 48.9 Å². The van der Waals surface area contributed by atoms with Crippen LogP contribution < -0.4 is 4.74 Å². The highest BCUT2D eigenvalue weighted by molar-refractivity contribution is 6.46. The summed E-state index contributed by atoms with van der Waals surface area (Å²) in [4.78, 5) is 31.9. The number of aromatic hydroxyl groups is 1. The van der Waals surface area contributed by atoms with Crippen LogP contribution in [-0.4, -0.2) is 42.9 Å². The highest BCUT2D eigenvalue weighted by Gasteiger charge is 2.45. The van der Waals surface area contributed by atoms with Crippen molar-refractivity contribution in [3.05, 3.63) is 119 Å². The van der Waals surface area contributed by atoms with Crippen LogP contribution in [0.25, 0.3) is 5.76 Å². The minimum absolute atomic E-state index is 0.0155. The maximum atomic E-state index is 13.2. The molecule has 0 unspecified atom stereocenters. The predicted molar refractivity (Wildman–Crippen MR) is 146 cm³/mol. The lowest BCUT2D eigenvalue weighted by Gasteiger charge is -2.25. The third-order valence-electron chi connectivity index (χ3n) is 6.74. The topological polar surface area (TPSA) is 105 Å². The largest absolute Gasteiger partial charge is 0.508 e. The molecule has 2 heterocycles. The van der Waals surface area contributed by atoms with E-state index in [0.29, 0.717) is 43.0 Å². The van der Waals surface area contributed by atoms with E-state index in [1.807, 2.05) is 35.9 Å². The van der Waals surface area contributed by atoms with E-state index in [9.17, 15) is 19.8 Å². The summed E-state index contributed by atoms with van der Waals surface area (Å²) in [6.07, 6.45) is 5.80. The minimum Gasteiger partial charge on any atom is -0.508 e. The fourth-order valence-corrected chi connectivity index (χ4v) is 4.79. The number of ketones is 1. The number of hydrogen-bond acceptors (Lipinski definition) is 6. The Hall–Kier alpha value is -4.85. The van der Waals surface area contributed by atoms with E-state index < -0.39 is 17.7 Å². The van der Waals surface area contributed by atoms with Gasteiger partial charge in [-0.05, 0) is 60.9 Å². The molecule has 1 aliphatic heterocycles. The molecular formula is C31H29N3O5. The van der Waals surface area contributed by atoms with Gasteiger partial charge in [0.15, 0.2) is 0 Å². The molecule has 8 nitrogen and oxygen atoms in total.